The summed E-state index contributed by atoms with van der Waals surface area (Å²) >= 11 is 0. The third-order valence-electron chi connectivity index (χ3n) is 8.07. The van der Waals surface area contributed by atoms with Crippen LogP contribution in [-0.2, 0) is 5.60 Å². The van der Waals surface area contributed by atoms with Gasteiger partial charge in [0.15, 0.2) is 11.6 Å². The number of aliphatic hydroxyl groups is 1. The highest BCUT2D eigenvalue weighted by Gasteiger charge is 2.47. The van der Waals surface area contributed by atoms with Crippen molar-refractivity contribution in [1.29, 1.82) is 0 Å². The lowest BCUT2D eigenvalue weighted by molar-refractivity contribution is -0.0318. The molecule has 1 aliphatic rings. The van der Waals surface area contributed by atoms with Crippen molar-refractivity contribution in [2.24, 2.45) is 0 Å². The number of rotatable bonds is 9. The Labute approximate surface area is 211 Å². The average Bonchev–Trinajstić information content (AvgIpc) is 2.82. The maximum absolute atomic E-state index is 15.2. The molecule has 35 heavy (non-hydrogen) atoms. The molecule has 3 rings (SSSR count). The van der Waals surface area contributed by atoms with Gasteiger partial charge in [0.1, 0.15) is 5.75 Å². The number of hydrogen-bond donors (Lipinski definition) is 1. The SMILES string of the molecule is CC(C(=O)c1ccc(O[Si](C(C)C)(C(C)C)C(C)C)c(F)c1)N1CCC(O)(c2ccccc2)CC1. The lowest BCUT2D eigenvalue weighted by Gasteiger charge is -2.42. The second kappa shape index (κ2) is 10.9. The van der Waals surface area contributed by atoms with Crippen LogP contribution >= 0.6 is 0 Å². The van der Waals surface area contributed by atoms with Crippen LogP contribution < -0.4 is 4.43 Å². The summed E-state index contributed by atoms with van der Waals surface area (Å²) < 4.78 is 21.7. The number of benzene rings is 2. The minimum atomic E-state index is -2.29. The molecule has 4 nitrogen and oxygen atoms in total. The number of nitrogens with zero attached hydrogens (tertiary/aromatic N) is 1. The molecule has 0 radical (unpaired) electrons. The molecule has 192 valence electrons. The van der Waals surface area contributed by atoms with Crippen LogP contribution in [0.15, 0.2) is 48.5 Å². The van der Waals surface area contributed by atoms with Crippen LogP contribution in [0, 0.1) is 5.82 Å². The molecule has 1 fully saturated rings. The van der Waals surface area contributed by atoms with Crippen LogP contribution in [0.2, 0.25) is 16.6 Å². The molecule has 0 saturated carbocycles. The third kappa shape index (κ3) is 5.55. The van der Waals surface area contributed by atoms with Crippen molar-refractivity contribution in [1.82, 2.24) is 4.90 Å². The van der Waals surface area contributed by atoms with E-state index in [9.17, 15) is 9.90 Å². The molecule has 1 atom stereocenters. The van der Waals surface area contributed by atoms with E-state index in [0.717, 1.165) is 5.56 Å². The molecule has 1 heterocycles. The molecular weight excluding hydrogens is 457 g/mol. The Morgan fingerprint density at radius 2 is 1.49 bits per heavy atom. The Bertz CT molecular complexity index is 978. The Hall–Kier alpha value is -2.02. The molecule has 1 aliphatic heterocycles. The average molecular weight is 500 g/mol. The number of likely N-dealkylation sites (tertiary alicyclic amines) is 1. The zero-order valence-electron chi connectivity index (χ0n) is 22.3. The van der Waals surface area contributed by atoms with Gasteiger partial charge in [0.25, 0.3) is 8.32 Å². The van der Waals surface area contributed by atoms with Gasteiger partial charge in [-0.3, -0.25) is 9.69 Å². The van der Waals surface area contributed by atoms with E-state index in [1.54, 1.807) is 12.1 Å². The number of carbonyl (C=O) groups excluding carboxylic acids is 1. The van der Waals surface area contributed by atoms with Crippen molar-refractivity contribution in [3.63, 3.8) is 0 Å². The summed E-state index contributed by atoms with van der Waals surface area (Å²) in [5.41, 5.74) is 1.40. The highest BCUT2D eigenvalue weighted by molar-refractivity contribution is 6.78. The highest BCUT2D eigenvalue weighted by atomic mass is 28.4. The Morgan fingerprint density at radius 3 is 1.97 bits per heavy atom. The van der Waals surface area contributed by atoms with Crippen molar-refractivity contribution in [3.8, 4) is 5.75 Å². The standard InChI is InChI=1S/C29H42FNO3Si/c1-20(2)35(21(3)4,22(5)6)34-27-14-13-24(19-26(27)30)28(32)23(7)31-17-15-29(33,16-18-31)25-11-9-8-10-12-25/h8-14,19-23,33H,15-18H2,1-7H3. The van der Waals surface area contributed by atoms with Crippen molar-refractivity contribution in [2.45, 2.75) is 89.6 Å². The Balaban J connectivity index is 1.72. The van der Waals surface area contributed by atoms with Gasteiger partial charge in [-0.25, -0.2) is 4.39 Å². The Kier molecular flexibility index (Phi) is 8.61. The van der Waals surface area contributed by atoms with Gasteiger partial charge in [0.2, 0.25) is 0 Å². The molecule has 2 aromatic rings. The predicted molar refractivity (Wildman–Crippen MR) is 143 cm³/mol. The molecule has 1 saturated heterocycles. The van der Waals surface area contributed by atoms with E-state index in [1.165, 1.54) is 6.07 Å². The maximum atomic E-state index is 15.2. The monoisotopic (exact) mass is 499 g/mol. The zero-order chi connectivity index (χ0) is 26.0. The fourth-order valence-electron chi connectivity index (χ4n) is 6.01. The zero-order valence-corrected chi connectivity index (χ0v) is 23.3. The summed E-state index contributed by atoms with van der Waals surface area (Å²) in [4.78, 5) is 15.3. The fourth-order valence-corrected chi connectivity index (χ4v) is 11.3. The van der Waals surface area contributed by atoms with Crippen LogP contribution in [0.1, 0.15) is 77.2 Å². The normalized spacial score (nSPS) is 17.7. The smallest absolute Gasteiger partial charge is 0.258 e. The van der Waals surface area contributed by atoms with Gasteiger partial charge in [0.05, 0.1) is 11.6 Å². The van der Waals surface area contributed by atoms with E-state index in [2.05, 4.69) is 46.4 Å². The van der Waals surface area contributed by atoms with E-state index in [0.29, 0.717) is 48.1 Å². The van der Waals surface area contributed by atoms with E-state index in [-0.39, 0.29) is 11.5 Å². The second-order valence-electron chi connectivity index (χ2n) is 11.0. The summed E-state index contributed by atoms with van der Waals surface area (Å²) in [6, 6.07) is 14.0. The number of ketones is 1. The first-order chi connectivity index (χ1) is 16.4. The van der Waals surface area contributed by atoms with Crippen molar-refractivity contribution >= 4 is 14.1 Å². The molecule has 1 unspecified atom stereocenters. The molecule has 0 aliphatic carbocycles. The first-order valence-electron chi connectivity index (χ1n) is 13.0. The summed E-state index contributed by atoms with van der Waals surface area (Å²) in [7, 11) is -2.29. The molecule has 0 amide bonds. The van der Waals surface area contributed by atoms with E-state index in [1.807, 2.05) is 37.3 Å². The first kappa shape index (κ1) is 27.6. The minimum absolute atomic E-state index is 0.110. The van der Waals surface area contributed by atoms with Gasteiger partial charge < -0.3 is 9.53 Å². The van der Waals surface area contributed by atoms with Crippen LogP contribution in [-0.4, -0.2) is 43.2 Å². The maximum Gasteiger partial charge on any atom is 0.258 e. The van der Waals surface area contributed by atoms with Crippen molar-refractivity contribution in [2.75, 3.05) is 13.1 Å². The molecule has 6 heteroatoms. The van der Waals surface area contributed by atoms with E-state index >= 15 is 4.39 Å². The van der Waals surface area contributed by atoms with Crippen molar-refractivity contribution < 1.29 is 18.7 Å². The van der Waals surface area contributed by atoms with Gasteiger partial charge in [-0.2, -0.15) is 0 Å². The minimum Gasteiger partial charge on any atom is -0.541 e. The molecular formula is C29H42FNO3Si. The third-order valence-corrected chi connectivity index (χ3v) is 14.1. The predicted octanol–water partition coefficient (Wildman–Crippen LogP) is 6.93. The number of hydrogen-bond acceptors (Lipinski definition) is 4. The van der Waals surface area contributed by atoms with E-state index in [4.69, 9.17) is 4.43 Å². The lowest BCUT2D eigenvalue weighted by atomic mass is 9.84. The van der Waals surface area contributed by atoms with Gasteiger partial charge in [-0.15, -0.1) is 0 Å². The van der Waals surface area contributed by atoms with Gasteiger partial charge in [-0.1, -0.05) is 71.9 Å². The molecule has 0 spiro atoms. The first-order valence-corrected chi connectivity index (χ1v) is 15.1. The highest BCUT2D eigenvalue weighted by Crippen LogP contribution is 2.43. The lowest BCUT2D eigenvalue weighted by Crippen LogP contribution is -2.50. The summed E-state index contributed by atoms with van der Waals surface area (Å²) in [6.07, 6.45) is 1.12. The number of Topliss-reactive ketones (excluding diaryl/α,β-unsaturated/α-hetero) is 1. The summed E-state index contributed by atoms with van der Waals surface area (Å²) in [6.45, 7) is 16.1. The molecule has 0 aromatic heterocycles. The Morgan fingerprint density at radius 1 is 0.943 bits per heavy atom. The second-order valence-corrected chi connectivity index (χ2v) is 16.4. The number of piperidine rings is 1. The molecule has 2 aromatic carbocycles. The summed E-state index contributed by atoms with van der Waals surface area (Å²) in [5, 5.41) is 11.1. The van der Waals surface area contributed by atoms with Gasteiger partial charge in [0, 0.05) is 18.7 Å². The van der Waals surface area contributed by atoms with E-state index < -0.39 is 25.8 Å². The fraction of sp³-hybridized carbons (Fsp3) is 0.552. The number of carbonyl (C=O) groups is 1. The summed E-state index contributed by atoms with van der Waals surface area (Å²) in [5.74, 6) is -0.331. The molecule has 1 N–H and O–H groups in total. The van der Waals surface area contributed by atoms with Crippen molar-refractivity contribution in [3.05, 3.63) is 65.5 Å². The van der Waals surface area contributed by atoms with Crippen LogP contribution in [0.4, 0.5) is 4.39 Å². The largest absolute Gasteiger partial charge is 0.541 e. The topological polar surface area (TPSA) is 49.8 Å². The van der Waals surface area contributed by atoms with Crippen LogP contribution in [0.25, 0.3) is 0 Å². The van der Waals surface area contributed by atoms with Gasteiger partial charge >= 0.3 is 0 Å². The van der Waals surface area contributed by atoms with Crippen LogP contribution in [0.3, 0.4) is 0 Å². The number of halogens is 1. The van der Waals surface area contributed by atoms with Crippen LogP contribution in [0.5, 0.6) is 5.75 Å². The molecule has 0 bridgehead atoms. The quantitative estimate of drug-likeness (QED) is 0.300. The van der Waals surface area contributed by atoms with Gasteiger partial charge in [-0.05, 0) is 60.2 Å².